The smallest absolute Gasteiger partial charge is 0.298 e. The Morgan fingerprint density at radius 2 is 2.03 bits per heavy atom. The van der Waals surface area contributed by atoms with E-state index in [-0.39, 0.29) is 11.6 Å². The summed E-state index contributed by atoms with van der Waals surface area (Å²) < 4.78 is 9.94. The summed E-state index contributed by atoms with van der Waals surface area (Å²) in [6.45, 7) is 3.12. The standard InChI is InChI=1S/C25H21ClN10O2/c1-3-35-23-17(12-31-35)21-16(11-28-23)24(34-13-19(29-14-34)25(37)36-8-4-7-30-36)33-32-22(21)27-10-15-5-6-20(38-2)18(26)9-15/h4-9,11-14H,3,10H2,1-2H3,(H,27,32). The summed E-state index contributed by atoms with van der Waals surface area (Å²) >= 11 is 6.31. The lowest BCUT2D eigenvalue weighted by Crippen LogP contribution is -2.12. The van der Waals surface area contributed by atoms with Crippen molar-refractivity contribution >= 4 is 45.1 Å². The van der Waals surface area contributed by atoms with Crippen LogP contribution >= 0.6 is 11.6 Å². The van der Waals surface area contributed by atoms with Crippen LogP contribution in [0.4, 0.5) is 5.82 Å². The number of benzene rings is 1. The second-order valence-corrected chi connectivity index (χ2v) is 8.77. The first-order valence-corrected chi connectivity index (χ1v) is 12.1. The third-order valence-electron chi connectivity index (χ3n) is 6.12. The van der Waals surface area contributed by atoms with Gasteiger partial charge in [0.25, 0.3) is 5.91 Å². The molecule has 1 aromatic carbocycles. The summed E-state index contributed by atoms with van der Waals surface area (Å²) in [7, 11) is 1.58. The van der Waals surface area contributed by atoms with E-state index in [1.807, 2.05) is 29.8 Å². The van der Waals surface area contributed by atoms with Crippen LogP contribution in [0.1, 0.15) is 23.0 Å². The van der Waals surface area contributed by atoms with E-state index in [9.17, 15) is 4.79 Å². The molecule has 5 heterocycles. The lowest BCUT2D eigenvalue weighted by atomic mass is 10.1. The Bertz CT molecular complexity index is 1790. The number of rotatable bonds is 7. The number of nitrogens with one attached hydrogen (secondary N) is 1. The summed E-state index contributed by atoms with van der Waals surface area (Å²) in [6.07, 6.45) is 9.73. The molecule has 0 aliphatic rings. The molecule has 0 unspecified atom stereocenters. The zero-order valence-electron chi connectivity index (χ0n) is 20.4. The highest BCUT2D eigenvalue weighted by molar-refractivity contribution is 6.32. The Labute approximate surface area is 220 Å². The number of aromatic nitrogens is 9. The first-order valence-electron chi connectivity index (χ1n) is 11.7. The van der Waals surface area contributed by atoms with Gasteiger partial charge < -0.3 is 10.1 Å². The number of nitrogens with zero attached hydrogens (tertiary/aromatic N) is 9. The van der Waals surface area contributed by atoms with Gasteiger partial charge in [-0.2, -0.15) is 10.2 Å². The van der Waals surface area contributed by atoms with Crippen molar-refractivity contribution in [1.29, 1.82) is 0 Å². The number of halogens is 1. The van der Waals surface area contributed by atoms with Crippen LogP contribution in [0.25, 0.3) is 27.6 Å². The van der Waals surface area contributed by atoms with Crippen molar-refractivity contribution < 1.29 is 9.53 Å². The number of methoxy groups -OCH3 is 1. The molecule has 0 aliphatic carbocycles. The van der Waals surface area contributed by atoms with Crippen LogP contribution in [-0.4, -0.2) is 57.3 Å². The average molecular weight is 529 g/mol. The van der Waals surface area contributed by atoms with Crippen LogP contribution in [0.3, 0.4) is 0 Å². The van der Waals surface area contributed by atoms with Crippen molar-refractivity contribution in [2.45, 2.75) is 20.0 Å². The third kappa shape index (κ3) is 4.00. The van der Waals surface area contributed by atoms with Crippen molar-refractivity contribution in [2.75, 3.05) is 12.4 Å². The highest BCUT2D eigenvalue weighted by Crippen LogP contribution is 2.32. The van der Waals surface area contributed by atoms with Crippen molar-refractivity contribution in [1.82, 2.24) is 44.3 Å². The molecule has 0 bridgehead atoms. The average Bonchev–Trinajstić information content (AvgIpc) is 3.72. The van der Waals surface area contributed by atoms with Gasteiger partial charge in [0, 0.05) is 48.6 Å². The van der Waals surface area contributed by atoms with Gasteiger partial charge in [0.2, 0.25) is 0 Å². The predicted octanol–water partition coefficient (Wildman–Crippen LogP) is 3.74. The van der Waals surface area contributed by atoms with E-state index in [1.54, 1.807) is 42.5 Å². The molecule has 0 saturated heterocycles. The first kappa shape index (κ1) is 23.6. The Kier molecular flexibility index (Phi) is 5.92. The minimum absolute atomic E-state index is 0.218. The topological polar surface area (TPSA) is 130 Å². The summed E-state index contributed by atoms with van der Waals surface area (Å²) in [5, 5.41) is 23.7. The molecule has 0 radical (unpaired) electrons. The van der Waals surface area contributed by atoms with Crippen molar-refractivity contribution in [2.24, 2.45) is 0 Å². The van der Waals surface area contributed by atoms with Crippen molar-refractivity contribution in [3.63, 3.8) is 0 Å². The SMILES string of the molecule is CCn1ncc2c3c(NCc4ccc(OC)c(Cl)c4)nnc(-n4cnc(C(=O)n5cccn5)c4)c3cnc21. The van der Waals surface area contributed by atoms with Crippen LogP contribution in [0.2, 0.25) is 5.02 Å². The van der Waals surface area contributed by atoms with Gasteiger partial charge >= 0.3 is 0 Å². The van der Waals surface area contributed by atoms with Crippen LogP contribution in [-0.2, 0) is 13.1 Å². The van der Waals surface area contributed by atoms with E-state index in [0.29, 0.717) is 40.9 Å². The number of carbonyl (C=O) groups is 1. The normalized spacial score (nSPS) is 11.3. The fraction of sp³-hybridized carbons (Fsp3) is 0.160. The zero-order valence-corrected chi connectivity index (χ0v) is 21.2. The first-order chi connectivity index (χ1) is 18.6. The maximum absolute atomic E-state index is 12.7. The maximum atomic E-state index is 12.7. The summed E-state index contributed by atoms with van der Waals surface area (Å²) in [5.41, 5.74) is 1.89. The molecule has 6 rings (SSSR count). The largest absolute Gasteiger partial charge is 0.495 e. The molecule has 13 heteroatoms. The van der Waals surface area contributed by atoms with Crippen molar-refractivity contribution in [3.8, 4) is 11.6 Å². The van der Waals surface area contributed by atoms with Gasteiger partial charge in [-0.3, -0.25) is 9.36 Å². The lowest BCUT2D eigenvalue weighted by molar-refractivity contribution is 0.0940. The Balaban J connectivity index is 1.43. The molecule has 1 N–H and O–H groups in total. The number of aryl methyl sites for hydroxylation is 1. The molecule has 5 aromatic heterocycles. The number of pyridine rings is 1. The number of ether oxygens (including phenoxy) is 1. The lowest BCUT2D eigenvalue weighted by Gasteiger charge is -2.13. The minimum Gasteiger partial charge on any atom is -0.495 e. The maximum Gasteiger partial charge on any atom is 0.298 e. The molecule has 38 heavy (non-hydrogen) atoms. The molecule has 0 fully saturated rings. The number of fused-ring (bicyclic) bond motifs is 3. The van der Waals surface area contributed by atoms with Crippen LogP contribution < -0.4 is 10.1 Å². The highest BCUT2D eigenvalue weighted by atomic mass is 35.5. The van der Waals surface area contributed by atoms with E-state index in [4.69, 9.17) is 16.3 Å². The summed E-state index contributed by atoms with van der Waals surface area (Å²) in [4.78, 5) is 21.6. The third-order valence-corrected chi connectivity index (χ3v) is 6.42. The van der Waals surface area contributed by atoms with Gasteiger partial charge in [0.1, 0.15) is 17.8 Å². The number of carbonyl (C=O) groups excluding carboxylic acids is 1. The Morgan fingerprint density at radius 1 is 1.13 bits per heavy atom. The second kappa shape index (κ2) is 9.56. The van der Waals surface area contributed by atoms with Crippen LogP contribution in [0.15, 0.2) is 61.6 Å². The monoisotopic (exact) mass is 528 g/mol. The van der Waals surface area contributed by atoms with E-state index in [2.05, 4.69) is 35.7 Å². The van der Waals surface area contributed by atoms with E-state index >= 15 is 0 Å². The fourth-order valence-electron chi connectivity index (χ4n) is 4.26. The Hall–Kier alpha value is -4.84. The minimum atomic E-state index is -0.354. The van der Waals surface area contributed by atoms with Gasteiger partial charge in [-0.25, -0.2) is 19.3 Å². The molecule has 0 saturated carbocycles. The van der Waals surface area contributed by atoms with Crippen molar-refractivity contribution in [3.05, 3.63) is 77.9 Å². The number of imidazole rings is 1. The number of hydrogen-bond donors (Lipinski definition) is 1. The van der Waals surface area contributed by atoms with E-state index in [0.717, 1.165) is 22.0 Å². The van der Waals surface area contributed by atoms with Crippen LogP contribution in [0, 0.1) is 0 Å². The van der Waals surface area contributed by atoms with Crippen LogP contribution in [0.5, 0.6) is 5.75 Å². The molecule has 6 aromatic rings. The fourth-order valence-corrected chi connectivity index (χ4v) is 4.54. The number of anilines is 1. The highest BCUT2D eigenvalue weighted by Gasteiger charge is 2.19. The molecule has 0 spiro atoms. The molecule has 190 valence electrons. The zero-order chi connectivity index (χ0) is 26.2. The van der Waals surface area contributed by atoms with Gasteiger partial charge in [0.15, 0.2) is 17.3 Å². The number of hydrogen-bond acceptors (Lipinski definition) is 9. The molecular formula is C25H21ClN10O2. The molecule has 0 atom stereocenters. The van der Waals surface area contributed by atoms with Gasteiger partial charge in [-0.05, 0) is 30.7 Å². The van der Waals surface area contributed by atoms with Gasteiger partial charge in [-0.1, -0.05) is 17.7 Å². The summed E-state index contributed by atoms with van der Waals surface area (Å²) in [6, 6.07) is 7.26. The Morgan fingerprint density at radius 3 is 2.79 bits per heavy atom. The quantitative estimate of drug-likeness (QED) is 0.329. The van der Waals surface area contributed by atoms with Gasteiger partial charge in [-0.15, -0.1) is 10.2 Å². The molecule has 0 aliphatic heterocycles. The summed E-state index contributed by atoms with van der Waals surface area (Å²) in [5.74, 6) is 1.29. The predicted molar refractivity (Wildman–Crippen MR) is 141 cm³/mol. The molecule has 0 amide bonds. The van der Waals surface area contributed by atoms with E-state index < -0.39 is 0 Å². The molecule has 12 nitrogen and oxygen atoms in total. The van der Waals surface area contributed by atoms with Gasteiger partial charge in [0.05, 0.1) is 23.7 Å². The van der Waals surface area contributed by atoms with E-state index in [1.165, 1.54) is 17.2 Å². The second-order valence-electron chi connectivity index (χ2n) is 8.36. The molecular weight excluding hydrogens is 508 g/mol.